The minimum Gasteiger partial charge on any atom is -0.519 e. The van der Waals surface area contributed by atoms with Crippen molar-refractivity contribution < 1.29 is 39.5 Å². The molecule has 2 bridgehead atoms. The van der Waals surface area contributed by atoms with Crippen LogP contribution >= 0.6 is 0 Å². The van der Waals surface area contributed by atoms with Gasteiger partial charge in [0.05, 0.1) is 13.7 Å². The van der Waals surface area contributed by atoms with Gasteiger partial charge in [-0.15, -0.1) is 35.3 Å². The van der Waals surface area contributed by atoms with Crippen LogP contribution in [0.2, 0.25) is 0 Å². The third kappa shape index (κ3) is 6.39. The molecule has 0 N–H and O–H groups in total. The summed E-state index contributed by atoms with van der Waals surface area (Å²) < 4.78 is 96.1. The molecule has 2 fully saturated rings. The van der Waals surface area contributed by atoms with Crippen LogP contribution in [0, 0.1) is 30.6 Å². The van der Waals surface area contributed by atoms with Crippen molar-refractivity contribution in [3.8, 4) is 39.6 Å². The quantitative estimate of drug-likeness (QED) is 0.118. The molecule has 4 atom stereocenters. The van der Waals surface area contributed by atoms with Gasteiger partial charge in [-0.3, -0.25) is 0 Å². The fraction of sp³-hybridized carbons (Fsp3) is 0.170. The van der Waals surface area contributed by atoms with Crippen LogP contribution in [0.3, 0.4) is 0 Å². The number of ether oxygens (including phenoxy) is 1. The van der Waals surface area contributed by atoms with E-state index in [0.717, 1.165) is 39.6 Å². The maximum atomic E-state index is 9.07. The third-order valence-corrected chi connectivity index (χ3v) is 11.7. The molecule has 3 aliphatic rings. The second kappa shape index (κ2) is 14.7. The molecule has 0 spiro atoms. The fourth-order valence-corrected chi connectivity index (χ4v) is 9.17. The Morgan fingerprint density at radius 3 is 2.08 bits per heavy atom. The number of hydrogen-bond acceptors (Lipinski definition) is 4. The minimum absolute atomic E-state index is 0. The smallest absolute Gasteiger partial charge is 0.135 e. The maximum absolute atomic E-state index is 9.07. The van der Waals surface area contributed by atoms with Gasteiger partial charge in [0.25, 0.3) is 0 Å². The SMILES string of the molecule is [2H]c1c([2H])c([2H])c(-c2cccc(-c3c([2H])c([2H])c([2H])c([2H])c3[2H])c2N2[CH-]N(c3[c-]c(Oc4[c-]c5c(cc4)c4ccccc4n5-c4cc(C(C)(C)C)ccn4)ccc3)[C@@H]3C2C2C=C[C@@H]3C2)c([2H])c1[2H].[Pt]. The summed E-state index contributed by atoms with van der Waals surface area (Å²) in [7, 11) is 0. The molecule has 11 rings (SSSR count). The van der Waals surface area contributed by atoms with Crippen LogP contribution in [0.25, 0.3) is 49.9 Å². The molecule has 59 heavy (non-hydrogen) atoms. The van der Waals surface area contributed by atoms with E-state index in [1.54, 1.807) is 18.2 Å². The van der Waals surface area contributed by atoms with Gasteiger partial charge in [-0.1, -0.05) is 135 Å². The van der Waals surface area contributed by atoms with Crippen LogP contribution in [0.1, 0.15) is 46.5 Å². The molecule has 3 heterocycles. The number of hydrogen-bond donors (Lipinski definition) is 0. The molecule has 0 radical (unpaired) electrons. The molecule has 2 aromatic heterocycles. The zero-order valence-corrected chi connectivity index (χ0v) is 34.7. The van der Waals surface area contributed by atoms with Crippen LogP contribution in [-0.2, 0) is 26.5 Å². The number of aromatic nitrogens is 2. The van der Waals surface area contributed by atoms with E-state index in [4.69, 9.17) is 23.4 Å². The first-order valence-corrected chi connectivity index (χ1v) is 19.5. The van der Waals surface area contributed by atoms with Crippen molar-refractivity contribution in [1.82, 2.24) is 9.55 Å². The Bertz CT molecular complexity index is 3320. The zero-order chi connectivity index (χ0) is 47.7. The molecule has 6 aromatic carbocycles. The molecule has 0 amide bonds. The Balaban J connectivity index is 0.00000553. The van der Waals surface area contributed by atoms with Crippen LogP contribution < -0.4 is 14.5 Å². The number of anilines is 2. The summed E-state index contributed by atoms with van der Waals surface area (Å²) in [5.74, 6) is 1.82. The zero-order valence-electron chi connectivity index (χ0n) is 42.4. The molecule has 294 valence electrons. The summed E-state index contributed by atoms with van der Waals surface area (Å²) in [5, 5.41) is 2.07. The standard InChI is InChI=1S/C53H43N4O.Pt/c1-53(2,3)39-28-29-54-49(31-39)57-47-23-11-10-20-45(47)46-27-26-42(33-48(46)57)58-41-19-12-18-40(32-41)55-34-56(51-38-25-24-37(30-38)50(51)55)52-43(35-14-6-4-7-15-35)21-13-22-44(52)36-16-8-5-9-17-36;/h4-29,31,34,37-38,50-51H,30H2,1-3H3;/q-3;/t37-,38?,50+,51?;/m1./s1/i4D,5D,6D,7D,8D,9D,14D,15D,16D,17D;. The van der Waals surface area contributed by atoms with E-state index in [0.29, 0.717) is 22.9 Å². The van der Waals surface area contributed by atoms with Gasteiger partial charge in [0.15, 0.2) is 0 Å². The first-order valence-electron chi connectivity index (χ1n) is 24.5. The summed E-state index contributed by atoms with van der Waals surface area (Å²) in [6.07, 6.45) is 7.06. The molecule has 1 saturated heterocycles. The van der Waals surface area contributed by atoms with Crippen molar-refractivity contribution in [2.75, 3.05) is 9.80 Å². The van der Waals surface area contributed by atoms with Gasteiger partial charge >= 0.3 is 0 Å². The normalized spacial score (nSPS) is 21.7. The second-order valence-corrected chi connectivity index (χ2v) is 16.2. The largest absolute Gasteiger partial charge is 0.519 e. The molecule has 2 aliphatic carbocycles. The average molecular weight is 957 g/mol. The molecular weight excluding hydrogens is 904 g/mol. The maximum Gasteiger partial charge on any atom is 0.135 e. The number of rotatable bonds is 7. The fourth-order valence-electron chi connectivity index (χ4n) is 9.17. The first kappa shape index (κ1) is 27.7. The molecule has 8 aromatic rings. The predicted octanol–water partition coefficient (Wildman–Crippen LogP) is 12.6. The van der Waals surface area contributed by atoms with Crippen molar-refractivity contribution in [2.24, 2.45) is 11.8 Å². The summed E-state index contributed by atoms with van der Waals surface area (Å²) in [6, 6.07) is 28.8. The van der Waals surface area contributed by atoms with Gasteiger partial charge in [0.1, 0.15) is 5.82 Å². The summed E-state index contributed by atoms with van der Waals surface area (Å²) >= 11 is 0. The van der Waals surface area contributed by atoms with Crippen molar-refractivity contribution in [3.63, 3.8) is 0 Å². The third-order valence-electron chi connectivity index (χ3n) is 11.7. The van der Waals surface area contributed by atoms with Gasteiger partial charge in [0, 0.05) is 73.2 Å². The Hall–Kier alpha value is -5.90. The van der Waals surface area contributed by atoms with E-state index in [-0.39, 0.29) is 72.7 Å². The Morgan fingerprint density at radius 2 is 1.37 bits per heavy atom. The average Bonchev–Trinajstić information content (AvgIpc) is 4.13. The molecule has 6 heteroatoms. The molecule has 5 nitrogen and oxygen atoms in total. The monoisotopic (exact) mass is 956 g/mol. The Labute approximate surface area is 374 Å². The van der Waals surface area contributed by atoms with E-state index < -0.39 is 60.4 Å². The van der Waals surface area contributed by atoms with E-state index in [2.05, 4.69) is 72.7 Å². The van der Waals surface area contributed by atoms with Gasteiger partial charge in [-0.05, 0) is 63.9 Å². The number of para-hydroxylation sites is 2. The Kier molecular flexibility index (Phi) is 6.92. The van der Waals surface area contributed by atoms with Crippen LogP contribution in [0.15, 0.2) is 164 Å². The van der Waals surface area contributed by atoms with Crippen molar-refractivity contribution >= 4 is 33.2 Å². The van der Waals surface area contributed by atoms with Crippen LogP contribution in [-0.4, -0.2) is 21.6 Å². The molecule has 1 saturated carbocycles. The van der Waals surface area contributed by atoms with Crippen molar-refractivity contribution in [1.29, 1.82) is 0 Å². The van der Waals surface area contributed by atoms with Crippen molar-refractivity contribution in [3.05, 3.63) is 188 Å². The van der Waals surface area contributed by atoms with Gasteiger partial charge in [0.2, 0.25) is 0 Å². The number of fused-ring (bicyclic) bond motifs is 8. The first-order chi connectivity index (χ1) is 32.5. The van der Waals surface area contributed by atoms with Gasteiger partial charge < -0.3 is 19.1 Å². The number of pyridine rings is 1. The van der Waals surface area contributed by atoms with Crippen LogP contribution in [0.5, 0.6) is 11.5 Å². The van der Waals surface area contributed by atoms with E-state index in [1.807, 2.05) is 66.3 Å². The molecule has 2 unspecified atom stereocenters. The number of benzene rings is 6. The molecular formula is C53H43N4OPt-3. The number of nitrogens with zero attached hydrogens (tertiary/aromatic N) is 4. The van der Waals surface area contributed by atoms with E-state index in [1.165, 1.54) is 0 Å². The van der Waals surface area contributed by atoms with E-state index in [9.17, 15) is 0 Å². The van der Waals surface area contributed by atoms with Crippen molar-refractivity contribution in [2.45, 2.75) is 44.7 Å². The minimum atomic E-state index is -0.537. The Morgan fingerprint density at radius 1 is 0.712 bits per heavy atom. The van der Waals surface area contributed by atoms with E-state index >= 15 is 0 Å². The van der Waals surface area contributed by atoms with Gasteiger partial charge in [-0.25, -0.2) is 4.98 Å². The summed E-state index contributed by atoms with van der Waals surface area (Å²) in [6.45, 7) is 8.45. The predicted molar refractivity (Wildman–Crippen MR) is 236 cm³/mol. The van der Waals surface area contributed by atoms with Crippen LogP contribution in [0.4, 0.5) is 11.4 Å². The summed E-state index contributed by atoms with van der Waals surface area (Å²) in [4.78, 5) is 8.94. The van der Waals surface area contributed by atoms with Gasteiger partial charge in [-0.2, -0.15) is 24.9 Å². The second-order valence-electron chi connectivity index (χ2n) is 16.2. The topological polar surface area (TPSA) is 33.5 Å². The summed E-state index contributed by atoms with van der Waals surface area (Å²) in [5.41, 5.74) is 4.32. The molecule has 1 aliphatic heterocycles.